The van der Waals surface area contributed by atoms with E-state index in [4.69, 9.17) is 9.47 Å². The van der Waals surface area contributed by atoms with Gasteiger partial charge < -0.3 is 14.8 Å². The third kappa shape index (κ3) is 5.51. The SMILES string of the molecule is COc1ccc(OCc2ccc(C(=O)Nc3ccn(Cc4cccc(F)c4)n3)cc2)cc1. The van der Waals surface area contributed by atoms with Gasteiger partial charge in [0.25, 0.3) is 5.91 Å². The van der Waals surface area contributed by atoms with Gasteiger partial charge in [0.1, 0.15) is 23.9 Å². The van der Waals surface area contributed by atoms with Crippen molar-refractivity contribution in [3.05, 3.63) is 108 Å². The summed E-state index contributed by atoms with van der Waals surface area (Å²) < 4.78 is 25.9. The van der Waals surface area contributed by atoms with Crippen molar-refractivity contribution in [3.63, 3.8) is 0 Å². The second-order valence-electron chi connectivity index (χ2n) is 7.14. The van der Waals surface area contributed by atoms with Crippen LogP contribution in [0, 0.1) is 5.82 Å². The van der Waals surface area contributed by atoms with Gasteiger partial charge in [-0.25, -0.2) is 4.39 Å². The molecule has 0 bridgehead atoms. The van der Waals surface area contributed by atoms with E-state index >= 15 is 0 Å². The second kappa shape index (κ2) is 9.78. The predicted molar refractivity (Wildman–Crippen MR) is 119 cm³/mol. The fraction of sp³-hybridized carbons (Fsp3) is 0.120. The number of nitrogens with zero attached hydrogens (tertiary/aromatic N) is 2. The number of hydrogen-bond donors (Lipinski definition) is 1. The third-order valence-corrected chi connectivity index (χ3v) is 4.80. The highest BCUT2D eigenvalue weighted by atomic mass is 19.1. The first kappa shape index (κ1) is 21.1. The second-order valence-corrected chi connectivity index (χ2v) is 7.14. The third-order valence-electron chi connectivity index (χ3n) is 4.80. The quantitative estimate of drug-likeness (QED) is 0.431. The van der Waals surface area contributed by atoms with E-state index < -0.39 is 0 Å². The Morgan fingerprint density at radius 3 is 2.44 bits per heavy atom. The molecule has 0 fully saturated rings. The maximum atomic E-state index is 13.3. The minimum atomic E-state index is -0.291. The highest BCUT2D eigenvalue weighted by Gasteiger charge is 2.09. The number of amides is 1. The normalized spacial score (nSPS) is 10.6. The zero-order chi connectivity index (χ0) is 22.3. The number of ether oxygens (including phenoxy) is 2. The van der Waals surface area contributed by atoms with Crippen molar-refractivity contribution in [1.29, 1.82) is 0 Å². The molecule has 1 amide bonds. The van der Waals surface area contributed by atoms with E-state index in [1.807, 2.05) is 42.5 Å². The van der Waals surface area contributed by atoms with Crippen molar-refractivity contribution in [1.82, 2.24) is 9.78 Å². The summed E-state index contributed by atoms with van der Waals surface area (Å²) in [5, 5.41) is 7.10. The van der Waals surface area contributed by atoms with E-state index in [9.17, 15) is 9.18 Å². The van der Waals surface area contributed by atoms with E-state index in [1.54, 1.807) is 42.3 Å². The van der Waals surface area contributed by atoms with Crippen LogP contribution in [0.25, 0.3) is 0 Å². The molecule has 4 aromatic rings. The Labute approximate surface area is 185 Å². The van der Waals surface area contributed by atoms with Crippen molar-refractivity contribution < 1.29 is 18.7 Å². The number of nitrogens with one attached hydrogen (secondary N) is 1. The van der Waals surface area contributed by atoms with Gasteiger partial charge in [0.2, 0.25) is 0 Å². The number of hydrogen-bond acceptors (Lipinski definition) is 4. The first-order chi connectivity index (χ1) is 15.6. The Hall–Kier alpha value is -4.13. The molecule has 0 unspecified atom stereocenters. The summed E-state index contributed by atoms with van der Waals surface area (Å²) in [6.07, 6.45) is 1.74. The van der Waals surface area contributed by atoms with Gasteiger partial charge in [-0.05, 0) is 59.7 Å². The maximum Gasteiger partial charge on any atom is 0.256 e. The molecule has 0 saturated heterocycles. The number of aromatic nitrogens is 2. The number of anilines is 1. The Morgan fingerprint density at radius 2 is 1.72 bits per heavy atom. The minimum Gasteiger partial charge on any atom is -0.497 e. The van der Waals surface area contributed by atoms with Crippen LogP contribution in [-0.2, 0) is 13.2 Å². The van der Waals surface area contributed by atoms with Gasteiger partial charge >= 0.3 is 0 Å². The number of methoxy groups -OCH3 is 1. The van der Waals surface area contributed by atoms with E-state index in [2.05, 4.69) is 10.4 Å². The summed E-state index contributed by atoms with van der Waals surface area (Å²) in [6.45, 7) is 0.801. The average molecular weight is 431 g/mol. The van der Waals surface area contributed by atoms with E-state index in [0.717, 1.165) is 22.6 Å². The van der Waals surface area contributed by atoms with Crippen molar-refractivity contribution >= 4 is 11.7 Å². The van der Waals surface area contributed by atoms with Crippen LogP contribution in [0.2, 0.25) is 0 Å². The fourth-order valence-corrected chi connectivity index (χ4v) is 3.12. The largest absolute Gasteiger partial charge is 0.497 e. The van der Waals surface area contributed by atoms with Gasteiger partial charge in [-0.3, -0.25) is 9.48 Å². The van der Waals surface area contributed by atoms with Crippen LogP contribution in [0.3, 0.4) is 0 Å². The zero-order valence-electron chi connectivity index (χ0n) is 17.5. The van der Waals surface area contributed by atoms with Crippen LogP contribution >= 0.6 is 0 Å². The van der Waals surface area contributed by atoms with Crippen LogP contribution in [-0.4, -0.2) is 22.8 Å². The predicted octanol–water partition coefficient (Wildman–Crippen LogP) is 4.91. The monoisotopic (exact) mass is 431 g/mol. The van der Waals surface area contributed by atoms with Gasteiger partial charge in [0, 0.05) is 17.8 Å². The van der Waals surface area contributed by atoms with Gasteiger partial charge in [-0.1, -0.05) is 24.3 Å². The highest BCUT2D eigenvalue weighted by Crippen LogP contribution is 2.18. The highest BCUT2D eigenvalue weighted by molar-refractivity contribution is 6.03. The number of halogens is 1. The molecule has 0 radical (unpaired) electrons. The molecule has 7 heteroatoms. The lowest BCUT2D eigenvalue weighted by molar-refractivity contribution is 0.102. The molecule has 0 spiro atoms. The lowest BCUT2D eigenvalue weighted by atomic mass is 10.1. The molecule has 0 atom stereocenters. The molecule has 0 aliphatic heterocycles. The number of rotatable bonds is 8. The summed E-state index contributed by atoms with van der Waals surface area (Å²) in [4.78, 5) is 12.5. The summed E-state index contributed by atoms with van der Waals surface area (Å²) >= 11 is 0. The van der Waals surface area contributed by atoms with Gasteiger partial charge in [0.15, 0.2) is 5.82 Å². The van der Waals surface area contributed by atoms with E-state index in [0.29, 0.717) is 24.5 Å². The average Bonchev–Trinajstić information content (AvgIpc) is 3.25. The molecule has 32 heavy (non-hydrogen) atoms. The smallest absolute Gasteiger partial charge is 0.256 e. The lowest BCUT2D eigenvalue weighted by Crippen LogP contribution is -2.13. The molecule has 1 heterocycles. The van der Waals surface area contributed by atoms with Crippen LogP contribution in [0.1, 0.15) is 21.5 Å². The molecular weight excluding hydrogens is 409 g/mol. The topological polar surface area (TPSA) is 65.4 Å². The molecule has 0 aliphatic rings. The Kier molecular flexibility index (Phi) is 6.46. The molecule has 4 rings (SSSR count). The van der Waals surface area contributed by atoms with Crippen LogP contribution in [0.4, 0.5) is 10.2 Å². The van der Waals surface area contributed by atoms with E-state index in [-0.39, 0.29) is 11.7 Å². The van der Waals surface area contributed by atoms with Crippen molar-refractivity contribution in [2.75, 3.05) is 12.4 Å². The lowest BCUT2D eigenvalue weighted by Gasteiger charge is -2.08. The summed E-state index contributed by atoms with van der Waals surface area (Å²) in [5.74, 6) is 1.39. The Balaban J connectivity index is 1.31. The van der Waals surface area contributed by atoms with Gasteiger partial charge in [0.05, 0.1) is 13.7 Å². The minimum absolute atomic E-state index is 0.261. The summed E-state index contributed by atoms with van der Waals surface area (Å²) in [6, 6.07) is 22.6. The number of benzene rings is 3. The Morgan fingerprint density at radius 1 is 0.969 bits per heavy atom. The van der Waals surface area contributed by atoms with E-state index in [1.165, 1.54) is 12.1 Å². The molecule has 1 aromatic heterocycles. The first-order valence-corrected chi connectivity index (χ1v) is 10.0. The first-order valence-electron chi connectivity index (χ1n) is 10.0. The summed E-state index contributed by atoms with van der Waals surface area (Å²) in [5.41, 5.74) is 2.24. The zero-order valence-corrected chi connectivity index (χ0v) is 17.5. The molecule has 0 aliphatic carbocycles. The standard InChI is InChI=1S/C25H22FN3O3/c1-31-22-9-11-23(12-10-22)32-17-18-5-7-20(8-6-18)25(30)27-24-13-14-29(28-24)16-19-3-2-4-21(26)15-19/h2-15H,16-17H2,1H3,(H,27,28,30). The van der Waals surface area contributed by atoms with Gasteiger partial charge in [-0.2, -0.15) is 5.10 Å². The van der Waals surface area contributed by atoms with Crippen molar-refractivity contribution in [2.45, 2.75) is 13.2 Å². The molecule has 3 aromatic carbocycles. The van der Waals surface area contributed by atoms with Crippen molar-refractivity contribution in [2.24, 2.45) is 0 Å². The molecule has 1 N–H and O–H groups in total. The number of carbonyl (C=O) groups is 1. The molecule has 0 saturated carbocycles. The van der Waals surface area contributed by atoms with Gasteiger partial charge in [-0.15, -0.1) is 0 Å². The number of carbonyl (C=O) groups excluding carboxylic acids is 1. The van der Waals surface area contributed by atoms with Crippen LogP contribution in [0.5, 0.6) is 11.5 Å². The van der Waals surface area contributed by atoms with Crippen LogP contribution in [0.15, 0.2) is 85.1 Å². The van der Waals surface area contributed by atoms with Crippen molar-refractivity contribution in [3.8, 4) is 11.5 Å². The summed E-state index contributed by atoms with van der Waals surface area (Å²) in [7, 11) is 1.62. The molecule has 6 nitrogen and oxygen atoms in total. The Bertz CT molecular complexity index is 1190. The fourth-order valence-electron chi connectivity index (χ4n) is 3.12. The molecular formula is C25H22FN3O3. The molecule has 162 valence electrons. The van der Waals surface area contributed by atoms with Crippen LogP contribution < -0.4 is 14.8 Å². The maximum absolute atomic E-state index is 13.3.